The molecule has 0 spiro atoms. The van der Waals surface area contributed by atoms with Crippen LogP contribution < -0.4 is 4.74 Å². The number of hydrogen-bond acceptors (Lipinski definition) is 4. The number of rotatable bonds is 7. The lowest BCUT2D eigenvalue weighted by atomic mass is 10.1. The van der Waals surface area contributed by atoms with Gasteiger partial charge in [-0.1, -0.05) is 25.1 Å². The third-order valence-electron chi connectivity index (χ3n) is 4.13. The lowest BCUT2D eigenvalue weighted by Gasteiger charge is -2.23. The summed E-state index contributed by atoms with van der Waals surface area (Å²) in [5.74, 6) is 1.59. The average molecular weight is 325 g/mol. The van der Waals surface area contributed by atoms with Gasteiger partial charge in [0.15, 0.2) is 0 Å². The smallest absolute Gasteiger partial charge is 0.257 e. The molecule has 24 heavy (non-hydrogen) atoms. The minimum absolute atomic E-state index is 0.00791. The Morgan fingerprint density at radius 1 is 1.21 bits per heavy atom. The summed E-state index contributed by atoms with van der Waals surface area (Å²) in [5.41, 5.74) is 1.58. The van der Waals surface area contributed by atoms with Crippen LogP contribution in [0.2, 0.25) is 0 Å². The van der Waals surface area contributed by atoms with Gasteiger partial charge in [-0.2, -0.15) is 0 Å². The summed E-state index contributed by atoms with van der Waals surface area (Å²) in [6.45, 7) is 5.13. The Kier molecular flexibility index (Phi) is 5.08. The molecule has 1 fully saturated rings. The summed E-state index contributed by atoms with van der Waals surface area (Å²) >= 11 is 0. The molecule has 1 aliphatic carbocycles. The molecule has 3 rings (SSSR count). The third kappa shape index (κ3) is 3.72. The molecule has 0 atom stereocenters. The van der Waals surface area contributed by atoms with Crippen molar-refractivity contribution in [2.24, 2.45) is 0 Å². The van der Waals surface area contributed by atoms with E-state index in [1.165, 1.54) is 0 Å². The van der Waals surface area contributed by atoms with E-state index >= 15 is 0 Å². The Hall–Kier alpha value is -2.43. The molecule has 0 aliphatic heterocycles. The molecule has 1 aromatic carbocycles. The summed E-state index contributed by atoms with van der Waals surface area (Å²) in [6.07, 6.45) is 6.14. The number of aromatic nitrogens is 2. The van der Waals surface area contributed by atoms with Crippen molar-refractivity contribution in [3.8, 4) is 5.75 Å². The summed E-state index contributed by atoms with van der Waals surface area (Å²) < 4.78 is 5.69. The van der Waals surface area contributed by atoms with E-state index in [0.29, 0.717) is 24.8 Å². The van der Waals surface area contributed by atoms with E-state index in [-0.39, 0.29) is 5.91 Å². The van der Waals surface area contributed by atoms with Crippen molar-refractivity contribution < 1.29 is 9.53 Å². The molecule has 5 nitrogen and oxygen atoms in total. The van der Waals surface area contributed by atoms with Gasteiger partial charge in [0.1, 0.15) is 11.6 Å². The number of amides is 1. The highest BCUT2D eigenvalue weighted by Gasteiger charge is 2.33. The Bertz CT molecular complexity index is 696. The Morgan fingerprint density at radius 3 is 2.54 bits per heavy atom. The Labute approximate surface area is 142 Å². The van der Waals surface area contributed by atoms with Gasteiger partial charge in [-0.05, 0) is 25.8 Å². The van der Waals surface area contributed by atoms with Gasteiger partial charge >= 0.3 is 0 Å². The molecule has 0 bridgehead atoms. The number of carbonyl (C=O) groups excluding carboxylic acids is 1. The fourth-order valence-corrected chi connectivity index (χ4v) is 2.68. The van der Waals surface area contributed by atoms with Crippen LogP contribution in [0, 0.1) is 0 Å². The maximum Gasteiger partial charge on any atom is 0.257 e. The van der Waals surface area contributed by atoms with Crippen LogP contribution in [0.1, 0.15) is 48.4 Å². The maximum absolute atomic E-state index is 12.9. The summed E-state index contributed by atoms with van der Waals surface area (Å²) in [6, 6.07) is 8.21. The maximum atomic E-state index is 12.9. The molecule has 0 unspecified atom stereocenters. The quantitative estimate of drug-likeness (QED) is 0.784. The largest absolute Gasteiger partial charge is 0.494 e. The number of para-hydroxylation sites is 1. The van der Waals surface area contributed by atoms with Crippen LogP contribution >= 0.6 is 0 Å². The van der Waals surface area contributed by atoms with Crippen molar-refractivity contribution in [1.82, 2.24) is 14.9 Å². The van der Waals surface area contributed by atoms with Crippen LogP contribution in [0.3, 0.4) is 0 Å². The first kappa shape index (κ1) is 16.4. The lowest BCUT2D eigenvalue weighted by molar-refractivity contribution is 0.0727. The normalized spacial score (nSPS) is 13.6. The molecule has 2 aromatic rings. The molecule has 0 saturated heterocycles. The van der Waals surface area contributed by atoms with E-state index < -0.39 is 0 Å². The molecule has 1 amide bonds. The SMILES string of the molecule is CCOc1ccccc1CN(C(=O)c1cnc(CC)nc1)C1CC1. The molecule has 0 N–H and O–H groups in total. The number of ether oxygens (including phenoxy) is 1. The summed E-state index contributed by atoms with van der Waals surface area (Å²) in [4.78, 5) is 23.3. The zero-order valence-corrected chi connectivity index (χ0v) is 14.2. The first-order valence-electron chi connectivity index (χ1n) is 8.55. The van der Waals surface area contributed by atoms with Gasteiger partial charge in [0, 0.05) is 37.0 Å². The van der Waals surface area contributed by atoms with E-state index in [1.54, 1.807) is 12.4 Å². The second-order valence-electron chi connectivity index (χ2n) is 5.95. The number of hydrogen-bond donors (Lipinski definition) is 0. The van der Waals surface area contributed by atoms with Crippen molar-refractivity contribution in [3.05, 3.63) is 53.6 Å². The molecule has 1 aromatic heterocycles. The van der Waals surface area contributed by atoms with E-state index in [1.807, 2.05) is 43.0 Å². The average Bonchev–Trinajstić information content (AvgIpc) is 3.46. The van der Waals surface area contributed by atoms with Gasteiger partial charge in [0.25, 0.3) is 5.91 Å². The molecule has 1 heterocycles. The number of carbonyl (C=O) groups is 1. The molecule has 0 radical (unpaired) electrons. The van der Waals surface area contributed by atoms with Crippen LogP contribution in [0.5, 0.6) is 5.75 Å². The standard InChI is InChI=1S/C19H23N3O2/c1-3-18-20-11-15(12-21-18)19(23)22(16-9-10-16)13-14-7-5-6-8-17(14)24-4-2/h5-8,11-12,16H,3-4,9-10,13H2,1-2H3. The van der Waals surface area contributed by atoms with Crippen LogP contribution in [0.25, 0.3) is 0 Å². The van der Waals surface area contributed by atoms with Gasteiger partial charge in [0.05, 0.1) is 12.2 Å². The zero-order valence-electron chi connectivity index (χ0n) is 14.2. The minimum Gasteiger partial charge on any atom is -0.494 e. The molecular weight excluding hydrogens is 302 g/mol. The molecule has 1 aliphatic rings. The van der Waals surface area contributed by atoms with Crippen LogP contribution in [-0.2, 0) is 13.0 Å². The fourth-order valence-electron chi connectivity index (χ4n) is 2.68. The Morgan fingerprint density at radius 2 is 1.92 bits per heavy atom. The van der Waals surface area contributed by atoms with Gasteiger partial charge in [-0.15, -0.1) is 0 Å². The fraction of sp³-hybridized carbons (Fsp3) is 0.421. The second-order valence-corrected chi connectivity index (χ2v) is 5.95. The van der Waals surface area contributed by atoms with Crippen LogP contribution in [0.15, 0.2) is 36.7 Å². The summed E-state index contributed by atoms with van der Waals surface area (Å²) in [5, 5.41) is 0. The molecular formula is C19H23N3O2. The first-order chi connectivity index (χ1) is 11.7. The van der Waals surface area contributed by atoms with E-state index in [4.69, 9.17) is 4.74 Å². The monoisotopic (exact) mass is 325 g/mol. The second kappa shape index (κ2) is 7.43. The highest BCUT2D eigenvalue weighted by Crippen LogP contribution is 2.31. The van der Waals surface area contributed by atoms with Crippen molar-refractivity contribution >= 4 is 5.91 Å². The number of aryl methyl sites for hydroxylation is 1. The predicted octanol–water partition coefficient (Wildman–Crippen LogP) is 3.24. The van der Waals surface area contributed by atoms with Crippen molar-refractivity contribution in [2.45, 2.75) is 45.7 Å². The van der Waals surface area contributed by atoms with Gasteiger partial charge in [0.2, 0.25) is 0 Å². The van der Waals surface area contributed by atoms with Crippen molar-refractivity contribution in [3.63, 3.8) is 0 Å². The van der Waals surface area contributed by atoms with Crippen molar-refractivity contribution in [2.75, 3.05) is 6.61 Å². The minimum atomic E-state index is -0.00791. The molecule has 1 saturated carbocycles. The molecule has 126 valence electrons. The Balaban J connectivity index is 1.81. The highest BCUT2D eigenvalue weighted by molar-refractivity contribution is 5.94. The topological polar surface area (TPSA) is 55.3 Å². The van der Waals surface area contributed by atoms with Crippen LogP contribution in [-0.4, -0.2) is 33.4 Å². The lowest BCUT2D eigenvalue weighted by Crippen LogP contribution is -2.33. The third-order valence-corrected chi connectivity index (χ3v) is 4.13. The number of nitrogens with zero attached hydrogens (tertiary/aromatic N) is 3. The van der Waals surface area contributed by atoms with E-state index in [0.717, 1.165) is 36.4 Å². The number of benzene rings is 1. The molecule has 5 heteroatoms. The predicted molar refractivity (Wildman–Crippen MR) is 91.9 cm³/mol. The van der Waals surface area contributed by atoms with Gasteiger partial charge < -0.3 is 9.64 Å². The van der Waals surface area contributed by atoms with Crippen LogP contribution in [0.4, 0.5) is 0 Å². The first-order valence-corrected chi connectivity index (χ1v) is 8.55. The van der Waals surface area contributed by atoms with Gasteiger partial charge in [-0.3, -0.25) is 4.79 Å². The van der Waals surface area contributed by atoms with Gasteiger partial charge in [-0.25, -0.2) is 9.97 Å². The van der Waals surface area contributed by atoms with E-state index in [9.17, 15) is 4.79 Å². The highest BCUT2D eigenvalue weighted by atomic mass is 16.5. The zero-order chi connectivity index (χ0) is 16.9. The summed E-state index contributed by atoms with van der Waals surface area (Å²) in [7, 11) is 0. The van der Waals surface area contributed by atoms with E-state index in [2.05, 4.69) is 9.97 Å². The van der Waals surface area contributed by atoms with Crippen molar-refractivity contribution in [1.29, 1.82) is 0 Å².